The summed E-state index contributed by atoms with van der Waals surface area (Å²) in [6, 6.07) is 53.6. The molecule has 1 radical (unpaired) electrons. The third kappa shape index (κ3) is 13.5. The van der Waals surface area contributed by atoms with Crippen LogP contribution in [0.1, 0.15) is 47.8 Å². The summed E-state index contributed by atoms with van der Waals surface area (Å²) >= 11 is 0. The van der Waals surface area contributed by atoms with Crippen LogP contribution in [-0.2, 0) is 0 Å². The van der Waals surface area contributed by atoms with Crippen molar-refractivity contribution in [2.45, 2.75) is 0 Å². The van der Waals surface area contributed by atoms with E-state index in [1.807, 2.05) is 72.8 Å². The summed E-state index contributed by atoms with van der Waals surface area (Å²) < 4.78 is 0. The van der Waals surface area contributed by atoms with Gasteiger partial charge >= 0.3 is 0 Å². The number of carbonyl (C=O) groups excluding carboxylic acids is 3. The van der Waals surface area contributed by atoms with E-state index in [0.29, 0.717) is 33.4 Å². The van der Waals surface area contributed by atoms with Crippen molar-refractivity contribution in [1.29, 1.82) is 0 Å². The van der Waals surface area contributed by atoms with Crippen molar-refractivity contribution in [1.82, 2.24) is 0 Å². The van der Waals surface area contributed by atoms with Crippen molar-refractivity contribution in [2.75, 3.05) is 0 Å². The average molecular weight is 812 g/mol. The van der Waals surface area contributed by atoms with E-state index in [9.17, 15) is 29.7 Å². The van der Waals surface area contributed by atoms with Crippen molar-refractivity contribution in [3.63, 3.8) is 0 Å². The SMILES string of the molecule is O=C(/C=C(/O)c1ccccc1)c1ccccc1.O=C(/C=C(/O)c1ccccc1)c1ccccc1.O=C(/C=C(/O)c1ccccc1)c1ccccc1.[La]. The van der Waals surface area contributed by atoms with Gasteiger partial charge in [0.25, 0.3) is 0 Å². The topological polar surface area (TPSA) is 112 Å². The van der Waals surface area contributed by atoms with Crippen LogP contribution < -0.4 is 0 Å². The van der Waals surface area contributed by atoms with Crippen LogP contribution in [0.3, 0.4) is 0 Å². The predicted molar refractivity (Wildman–Crippen MR) is 203 cm³/mol. The van der Waals surface area contributed by atoms with Gasteiger partial charge in [-0.1, -0.05) is 182 Å². The fraction of sp³-hybridized carbons (Fsp3) is 0. The largest absolute Gasteiger partial charge is 0.507 e. The Balaban J connectivity index is 0.000000208. The summed E-state index contributed by atoms with van der Waals surface area (Å²) in [5.41, 5.74) is 3.60. The summed E-state index contributed by atoms with van der Waals surface area (Å²) in [6.45, 7) is 0. The van der Waals surface area contributed by atoms with E-state index >= 15 is 0 Å². The summed E-state index contributed by atoms with van der Waals surface area (Å²) in [6.07, 6.45) is 3.72. The molecule has 0 unspecified atom stereocenters. The monoisotopic (exact) mass is 811 g/mol. The molecule has 0 aliphatic carbocycles. The average Bonchev–Trinajstić information content (AvgIpc) is 3.20. The summed E-state index contributed by atoms with van der Waals surface area (Å²) in [4.78, 5) is 35.4. The maximum Gasteiger partial charge on any atom is 0.189 e. The maximum atomic E-state index is 11.8. The maximum absolute atomic E-state index is 11.8. The van der Waals surface area contributed by atoms with E-state index < -0.39 is 0 Å². The van der Waals surface area contributed by atoms with Gasteiger partial charge in [0.2, 0.25) is 0 Å². The van der Waals surface area contributed by atoms with E-state index in [4.69, 9.17) is 0 Å². The zero-order valence-corrected chi connectivity index (χ0v) is 31.8. The molecule has 0 amide bonds. The molecule has 255 valence electrons. The van der Waals surface area contributed by atoms with Crippen LogP contribution >= 0.6 is 0 Å². The van der Waals surface area contributed by atoms with Crippen LogP contribution in [0, 0.1) is 35.6 Å². The molecule has 3 N–H and O–H groups in total. The number of allylic oxidation sites excluding steroid dienone is 3. The normalized spacial score (nSPS) is 11.0. The Morgan fingerprint density at radius 3 is 0.615 bits per heavy atom. The van der Waals surface area contributed by atoms with Crippen LogP contribution in [-0.4, -0.2) is 32.7 Å². The van der Waals surface area contributed by atoms with Gasteiger partial charge in [0.05, 0.1) is 0 Å². The van der Waals surface area contributed by atoms with Gasteiger partial charge in [-0.3, -0.25) is 14.4 Å². The number of aliphatic hydroxyl groups is 3. The van der Waals surface area contributed by atoms with Gasteiger partial charge in [0, 0.05) is 87.2 Å². The van der Waals surface area contributed by atoms with E-state index in [1.165, 1.54) is 18.2 Å². The van der Waals surface area contributed by atoms with Crippen molar-refractivity contribution in [2.24, 2.45) is 0 Å². The molecule has 6 nitrogen and oxygen atoms in total. The van der Waals surface area contributed by atoms with Crippen LogP contribution in [0.4, 0.5) is 0 Å². The fourth-order valence-electron chi connectivity index (χ4n) is 4.51. The molecule has 52 heavy (non-hydrogen) atoms. The second kappa shape index (κ2) is 22.1. The molecule has 6 rings (SSSR count). The number of hydrogen-bond donors (Lipinski definition) is 3. The molecular formula is C45H36LaO6. The summed E-state index contributed by atoms with van der Waals surface area (Å²) in [5, 5.41) is 29.4. The zero-order valence-electron chi connectivity index (χ0n) is 28.2. The Kier molecular flexibility index (Phi) is 17.2. The molecule has 0 atom stereocenters. The van der Waals surface area contributed by atoms with E-state index in [1.54, 1.807) is 109 Å². The number of ketones is 3. The molecular weight excluding hydrogens is 775 g/mol. The molecule has 0 saturated heterocycles. The third-order valence-electron chi connectivity index (χ3n) is 7.19. The minimum Gasteiger partial charge on any atom is -0.507 e. The molecule has 0 bridgehead atoms. The molecule has 6 aromatic rings. The number of aliphatic hydroxyl groups excluding tert-OH is 3. The van der Waals surface area contributed by atoms with Crippen LogP contribution in [0.25, 0.3) is 17.3 Å². The minimum atomic E-state index is -0.202. The Labute approximate surface area is 331 Å². The number of benzene rings is 6. The molecule has 0 aliphatic heterocycles. The molecule has 0 aliphatic rings. The van der Waals surface area contributed by atoms with Crippen LogP contribution in [0.15, 0.2) is 200 Å². The van der Waals surface area contributed by atoms with E-state index in [0.717, 1.165) is 0 Å². The Morgan fingerprint density at radius 1 is 0.288 bits per heavy atom. The first kappa shape index (κ1) is 40.6. The second-order valence-electron chi connectivity index (χ2n) is 10.9. The van der Waals surface area contributed by atoms with Gasteiger partial charge in [-0.15, -0.1) is 0 Å². The van der Waals surface area contributed by atoms with Crippen LogP contribution in [0.2, 0.25) is 0 Å². The zero-order chi connectivity index (χ0) is 36.3. The van der Waals surface area contributed by atoms with Crippen LogP contribution in [0.5, 0.6) is 0 Å². The number of carbonyl (C=O) groups is 3. The first-order valence-electron chi connectivity index (χ1n) is 16.0. The third-order valence-corrected chi connectivity index (χ3v) is 7.19. The van der Waals surface area contributed by atoms with Gasteiger partial charge in [-0.25, -0.2) is 0 Å². The second-order valence-corrected chi connectivity index (χ2v) is 10.9. The van der Waals surface area contributed by atoms with Gasteiger partial charge in [0.15, 0.2) is 17.3 Å². The first-order valence-corrected chi connectivity index (χ1v) is 16.0. The van der Waals surface area contributed by atoms with Gasteiger partial charge < -0.3 is 15.3 Å². The molecule has 7 heteroatoms. The van der Waals surface area contributed by atoms with Crippen molar-refractivity contribution >= 4 is 34.6 Å². The Morgan fingerprint density at radius 2 is 0.442 bits per heavy atom. The van der Waals surface area contributed by atoms with E-state index in [2.05, 4.69) is 0 Å². The Bertz CT molecular complexity index is 1830. The molecule has 0 spiro atoms. The van der Waals surface area contributed by atoms with Gasteiger partial charge in [-0.2, -0.15) is 0 Å². The number of hydrogen-bond acceptors (Lipinski definition) is 6. The summed E-state index contributed by atoms with van der Waals surface area (Å²) in [7, 11) is 0. The molecule has 0 fully saturated rings. The first-order chi connectivity index (χ1) is 24.8. The molecule has 0 saturated carbocycles. The van der Waals surface area contributed by atoms with Crippen molar-refractivity contribution in [3.8, 4) is 0 Å². The number of rotatable bonds is 9. The quantitative estimate of drug-likeness (QED) is 0.0762. The fourth-order valence-corrected chi connectivity index (χ4v) is 4.51. The molecule has 6 aromatic carbocycles. The van der Waals surface area contributed by atoms with E-state index in [-0.39, 0.29) is 70.2 Å². The van der Waals surface area contributed by atoms with Gasteiger partial charge in [-0.05, 0) is 0 Å². The van der Waals surface area contributed by atoms with Crippen molar-refractivity contribution < 1.29 is 65.3 Å². The van der Waals surface area contributed by atoms with Gasteiger partial charge in [0.1, 0.15) is 17.3 Å². The van der Waals surface area contributed by atoms with Crippen molar-refractivity contribution in [3.05, 3.63) is 234 Å². The standard InChI is InChI=1S/3C15H12O2.La/c3*16-14(12-7-3-1-4-8-12)11-15(17)13-9-5-2-6-10-13;/h3*1-11,16H;/b3*14-11+;. The smallest absolute Gasteiger partial charge is 0.189 e. The predicted octanol–water partition coefficient (Wildman–Crippen LogP) is 10.4. The Hall–Kier alpha value is -5.86. The minimum absolute atomic E-state index is 0. The summed E-state index contributed by atoms with van der Waals surface area (Å²) in [5.74, 6) is -0.649. The molecule has 0 aromatic heterocycles. The molecule has 0 heterocycles.